The molecule has 0 bridgehead atoms. The smallest absolute Gasteiger partial charge is 0.235 e. The van der Waals surface area contributed by atoms with Crippen molar-refractivity contribution in [3.8, 4) is 5.69 Å². The van der Waals surface area contributed by atoms with E-state index in [1.165, 1.54) is 16.7 Å². The minimum atomic E-state index is 0.0173. The molecular weight excluding hydrogens is 354 g/mol. The molecule has 1 aliphatic heterocycles. The number of nitrogens with zero attached hydrogens (tertiary/aromatic N) is 2. The predicted octanol–water partition coefficient (Wildman–Crippen LogP) is 4.83. The molecular formula is C22H23N3OS. The maximum atomic E-state index is 12.4. The van der Waals surface area contributed by atoms with Crippen LogP contribution in [0.2, 0.25) is 0 Å². The number of aromatic nitrogens is 2. The van der Waals surface area contributed by atoms with Gasteiger partial charge in [-0.25, -0.2) is 4.68 Å². The van der Waals surface area contributed by atoms with Crippen LogP contribution in [0.3, 0.4) is 0 Å². The number of carbonyl (C=O) groups excluding carboxylic acids is 1. The van der Waals surface area contributed by atoms with Crippen LogP contribution in [0.5, 0.6) is 0 Å². The summed E-state index contributed by atoms with van der Waals surface area (Å²) >= 11 is 1.67. The Balaban J connectivity index is 1.87. The molecule has 2 heterocycles. The number of hydrogen-bond acceptors (Lipinski definition) is 3. The van der Waals surface area contributed by atoms with Gasteiger partial charge in [0.25, 0.3) is 0 Å². The Morgan fingerprint density at radius 2 is 1.89 bits per heavy atom. The van der Waals surface area contributed by atoms with E-state index in [-0.39, 0.29) is 11.2 Å². The van der Waals surface area contributed by atoms with Gasteiger partial charge in [-0.2, -0.15) is 5.10 Å². The summed E-state index contributed by atoms with van der Waals surface area (Å²) < 4.78 is 1.87. The molecule has 1 aliphatic rings. The molecule has 27 heavy (non-hydrogen) atoms. The van der Waals surface area contributed by atoms with E-state index >= 15 is 0 Å². The van der Waals surface area contributed by atoms with Gasteiger partial charge in [-0.3, -0.25) is 4.79 Å². The first-order valence-electron chi connectivity index (χ1n) is 9.24. The number of hydrogen-bond donors (Lipinski definition) is 1. The highest BCUT2D eigenvalue weighted by Crippen LogP contribution is 2.44. The molecule has 4 rings (SSSR count). The molecule has 1 aromatic heterocycles. The Morgan fingerprint density at radius 1 is 1.15 bits per heavy atom. The zero-order valence-electron chi connectivity index (χ0n) is 15.8. The molecule has 1 atom stereocenters. The lowest BCUT2D eigenvalue weighted by molar-refractivity contribution is -0.113. The summed E-state index contributed by atoms with van der Waals surface area (Å²) in [5.74, 6) is 1.24. The van der Waals surface area contributed by atoms with E-state index in [9.17, 15) is 4.79 Å². The predicted molar refractivity (Wildman–Crippen MR) is 112 cm³/mol. The van der Waals surface area contributed by atoms with Crippen LogP contribution in [0.25, 0.3) is 5.69 Å². The minimum absolute atomic E-state index is 0.0173. The van der Waals surface area contributed by atoms with Gasteiger partial charge in [0.1, 0.15) is 5.82 Å². The maximum absolute atomic E-state index is 12.4. The minimum Gasteiger partial charge on any atom is -0.310 e. The summed E-state index contributed by atoms with van der Waals surface area (Å²) in [4.78, 5) is 12.4. The van der Waals surface area contributed by atoms with Crippen molar-refractivity contribution in [1.82, 2.24) is 9.78 Å². The van der Waals surface area contributed by atoms with Crippen LogP contribution >= 0.6 is 11.8 Å². The first-order chi connectivity index (χ1) is 13.1. The molecule has 0 spiro atoms. The van der Waals surface area contributed by atoms with Crippen LogP contribution in [0, 0.1) is 13.8 Å². The van der Waals surface area contributed by atoms with Crippen LogP contribution in [-0.4, -0.2) is 21.4 Å². The van der Waals surface area contributed by atoms with Crippen molar-refractivity contribution in [2.24, 2.45) is 0 Å². The first kappa shape index (κ1) is 17.9. The van der Waals surface area contributed by atoms with Gasteiger partial charge in [0, 0.05) is 5.56 Å². The molecule has 5 heteroatoms. The number of aryl methyl sites for hydroxylation is 3. The second kappa shape index (κ2) is 7.24. The molecule has 3 aromatic rings. The number of benzene rings is 2. The summed E-state index contributed by atoms with van der Waals surface area (Å²) in [6.45, 7) is 6.29. The van der Waals surface area contributed by atoms with Crippen LogP contribution in [0.15, 0.2) is 48.5 Å². The molecule has 138 valence electrons. The Hall–Kier alpha value is -2.53. The summed E-state index contributed by atoms with van der Waals surface area (Å²) in [6.07, 6.45) is 0.999. The summed E-state index contributed by atoms with van der Waals surface area (Å²) in [6, 6.07) is 16.8. The van der Waals surface area contributed by atoms with E-state index in [0.29, 0.717) is 5.75 Å². The Morgan fingerprint density at radius 3 is 2.59 bits per heavy atom. The number of nitrogens with one attached hydrogen (secondary N) is 1. The maximum Gasteiger partial charge on any atom is 0.235 e. The van der Waals surface area contributed by atoms with Gasteiger partial charge in [-0.15, -0.1) is 11.8 Å². The molecule has 2 aromatic carbocycles. The van der Waals surface area contributed by atoms with Gasteiger partial charge in [-0.05, 0) is 49.1 Å². The van der Waals surface area contributed by atoms with Crippen LogP contribution in [0.1, 0.15) is 40.1 Å². The van der Waals surface area contributed by atoms with Crippen LogP contribution < -0.4 is 5.32 Å². The zero-order chi connectivity index (χ0) is 19.0. The molecule has 0 radical (unpaired) electrons. The van der Waals surface area contributed by atoms with Gasteiger partial charge in [-0.1, -0.05) is 43.3 Å². The summed E-state index contributed by atoms with van der Waals surface area (Å²) in [5, 5.41) is 7.97. The number of anilines is 1. The van der Waals surface area contributed by atoms with Crippen molar-refractivity contribution in [2.75, 3.05) is 11.1 Å². The number of rotatable bonds is 3. The highest BCUT2D eigenvalue weighted by molar-refractivity contribution is 8.00. The van der Waals surface area contributed by atoms with E-state index in [2.05, 4.69) is 67.7 Å². The largest absolute Gasteiger partial charge is 0.310 e. The average Bonchev–Trinajstić information content (AvgIpc) is 2.88. The third-order valence-electron chi connectivity index (χ3n) is 5.07. The second-order valence-electron chi connectivity index (χ2n) is 6.88. The molecule has 0 saturated heterocycles. The quantitative estimate of drug-likeness (QED) is 0.711. The number of fused-ring (bicyclic) bond motifs is 1. The van der Waals surface area contributed by atoms with Gasteiger partial charge >= 0.3 is 0 Å². The van der Waals surface area contributed by atoms with Gasteiger partial charge < -0.3 is 5.32 Å². The lowest BCUT2D eigenvalue weighted by Gasteiger charge is -2.17. The van der Waals surface area contributed by atoms with E-state index < -0.39 is 0 Å². The van der Waals surface area contributed by atoms with Crippen molar-refractivity contribution in [1.29, 1.82) is 0 Å². The molecule has 0 saturated carbocycles. The monoisotopic (exact) mass is 377 g/mol. The summed E-state index contributed by atoms with van der Waals surface area (Å²) in [7, 11) is 0. The number of thioether (sulfide) groups is 1. The third kappa shape index (κ3) is 3.28. The van der Waals surface area contributed by atoms with E-state index in [0.717, 1.165) is 29.2 Å². The molecule has 4 nitrogen and oxygen atoms in total. The lowest BCUT2D eigenvalue weighted by atomic mass is 10.00. The first-order valence-corrected chi connectivity index (χ1v) is 10.3. The van der Waals surface area contributed by atoms with Crippen LogP contribution in [0.4, 0.5) is 5.82 Å². The molecule has 0 unspecified atom stereocenters. The van der Waals surface area contributed by atoms with Gasteiger partial charge in [0.05, 0.1) is 22.4 Å². The van der Waals surface area contributed by atoms with E-state index in [4.69, 9.17) is 5.10 Å². The number of amides is 1. The van der Waals surface area contributed by atoms with Crippen molar-refractivity contribution in [2.45, 2.75) is 32.4 Å². The highest BCUT2D eigenvalue weighted by Gasteiger charge is 2.31. The van der Waals surface area contributed by atoms with Crippen molar-refractivity contribution in [3.63, 3.8) is 0 Å². The third-order valence-corrected chi connectivity index (χ3v) is 6.32. The van der Waals surface area contributed by atoms with E-state index in [1.807, 2.05) is 11.6 Å². The van der Waals surface area contributed by atoms with Gasteiger partial charge in [0.2, 0.25) is 5.91 Å². The fourth-order valence-corrected chi connectivity index (χ4v) is 4.85. The molecule has 1 amide bonds. The van der Waals surface area contributed by atoms with Gasteiger partial charge in [0.15, 0.2) is 0 Å². The SMILES string of the molecule is CCc1ccc(-n2nc(C)c3c2NC(=O)CS[C@H]3c2ccccc2C)cc1. The molecule has 0 fully saturated rings. The fourth-order valence-electron chi connectivity index (χ4n) is 3.57. The lowest BCUT2D eigenvalue weighted by Crippen LogP contribution is -2.15. The van der Waals surface area contributed by atoms with Crippen molar-refractivity contribution in [3.05, 3.63) is 76.5 Å². The Bertz CT molecular complexity index is 991. The Kier molecular flexibility index (Phi) is 4.79. The Labute approximate surface area is 164 Å². The molecule has 1 N–H and O–H groups in total. The average molecular weight is 378 g/mol. The normalized spacial score (nSPS) is 16.6. The zero-order valence-corrected chi connectivity index (χ0v) is 16.6. The standard InChI is InChI=1S/C22H23N3OS/c1-4-16-9-11-17(12-10-16)25-22-20(15(3)24-25)21(27-13-19(26)23-22)18-8-6-5-7-14(18)2/h5-12,21H,4,13H2,1-3H3,(H,23,26)/t21-/m0/s1. The van der Waals surface area contributed by atoms with E-state index in [1.54, 1.807) is 11.8 Å². The molecule has 0 aliphatic carbocycles. The van der Waals surface area contributed by atoms with Crippen LogP contribution in [-0.2, 0) is 11.2 Å². The second-order valence-corrected chi connectivity index (χ2v) is 7.97. The highest BCUT2D eigenvalue weighted by atomic mass is 32.2. The number of carbonyl (C=O) groups is 1. The topological polar surface area (TPSA) is 46.9 Å². The van der Waals surface area contributed by atoms with Crippen molar-refractivity contribution >= 4 is 23.5 Å². The summed E-state index contributed by atoms with van der Waals surface area (Å²) in [5.41, 5.74) is 6.77. The fraction of sp³-hybridized carbons (Fsp3) is 0.273. The van der Waals surface area contributed by atoms with Crippen molar-refractivity contribution < 1.29 is 4.79 Å².